The molecule has 1 heterocycles. The van der Waals surface area contributed by atoms with Crippen LogP contribution >= 0.6 is 0 Å². The molecule has 1 aromatic rings. The van der Waals surface area contributed by atoms with E-state index in [1.807, 2.05) is 6.92 Å². The second-order valence-electron chi connectivity index (χ2n) is 6.04. The van der Waals surface area contributed by atoms with Crippen LogP contribution in [0.1, 0.15) is 26.7 Å². The van der Waals surface area contributed by atoms with Gasteiger partial charge in [-0.1, -0.05) is 13.3 Å². The number of nitrogens with zero attached hydrogens (tertiary/aromatic N) is 2. The van der Waals surface area contributed by atoms with Gasteiger partial charge in [-0.2, -0.15) is 0 Å². The molecule has 1 aromatic carbocycles. The summed E-state index contributed by atoms with van der Waals surface area (Å²) in [6.07, 6.45) is 1.47. The van der Waals surface area contributed by atoms with Crippen molar-refractivity contribution in [1.82, 2.24) is 4.90 Å². The normalized spacial score (nSPS) is 18.2. The van der Waals surface area contributed by atoms with Gasteiger partial charge >= 0.3 is 0 Å². The van der Waals surface area contributed by atoms with E-state index >= 15 is 0 Å². The maximum Gasteiger partial charge on any atom is 0.242 e. The highest BCUT2D eigenvalue weighted by Gasteiger charge is 2.33. The lowest BCUT2D eigenvalue weighted by Gasteiger charge is -2.39. The van der Waals surface area contributed by atoms with Crippen molar-refractivity contribution in [2.24, 2.45) is 5.73 Å². The molecule has 0 aliphatic carbocycles. The first-order valence-electron chi connectivity index (χ1n) is 7.63. The van der Waals surface area contributed by atoms with Crippen molar-refractivity contribution >= 4 is 11.6 Å². The van der Waals surface area contributed by atoms with Crippen molar-refractivity contribution in [1.29, 1.82) is 0 Å². The number of piperazine rings is 1. The highest BCUT2D eigenvalue weighted by atomic mass is 19.1. The first-order chi connectivity index (χ1) is 10.3. The van der Waals surface area contributed by atoms with Gasteiger partial charge in [0.05, 0.1) is 11.2 Å². The molecule has 0 aromatic heterocycles. The van der Waals surface area contributed by atoms with Gasteiger partial charge in [0.25, 0.3) is 0 Å². The molecular weight excluding hydrogens is 288 g/mol. The maximum atomic E-state index is 13.8. The molecule has 0 radical (unpaired) electrons. The van der Waals surface area contributed by atoms with Crippen LogP contribution in [-0.4, -0.2) is 42.5 Å². The Kier molecular flexibility index (Phi) is 5.01. The molecule has 1 aliphatic rings. The number of nitrogens with two attached hydrogens (primary N) is 1. The van der Waals surface area contributed by atoms with Gasteiger partial charge in [0.1, 0.15) is 11.6 Å². The van der Waals surface area contributed by atoms with Crippen LogP contribution in [0, 0.1) is 11.6 Å². The van der Waals surface area contributed by atoms with E-state index in [2.05, 4.69) is 0 Å². The van der Waals surface area contributed by atoms with Crippen molar-refractivity contribution in [3.8, 4) is 0 Å². The third kappa shape index (κ3) is 3.55. The molecule has 122 valence electrons. The lowest BCUT2D eigenvalue weighted by molar-refractivity contribution is -0.137. The summed E-state index contributed by atoms with van der Waals surface area (Å²) in [5, 5.41) is 0. The Hall–Kier alpha value is -1.69. The van der Waals surface area contributed by atoms with Gasteiger partial charge in [0, 0.05) is 32.2 Å². The standard InChI is InChI=1S/C16H23F2N3O/c1-3-6-16(2,19)15(22)21-9-7-20(8-10-21)14-11-12(17)4-5-13(14)18/h4-5,11H,3,6-10,19H2,1-2H3. The molecule has 2 N–H and O–H groups in total. The molecule has 0 saturated carbocycles. The summed E-state index contributed by atoms with van der Waals surface area (Å²) in [5.41, 5.74) is 5.46. The molecule has 22 heavy (non-hydrogen) atoms. The summed E-state index contributed by atoms with van der Waals surface area (Å²) in [6.45, 7) is 5.60. The molecule has 4 nitrogen and oxygen atoms in total. The van der Waals surface area contributed by atoms with Crippen LogP contribution in [0.5, 0.6) is 0 Å². The van der Waals surface area contributed by atoms with E-state index < -0.39 is 17.2 Å². The number of anilines is 1. The minimum absolute atomic E-state index is 0.0753. The fraction of sp³-hybridized carbons (Fsp3) is 0.562. The largest absolute Gasteiger partial charge is 0.366 e. The van der Waals surface area contributed by atoms with E-state index in [-0.39, 0.29) is 11.6 Å². The summed E-state index contributed by atoms with van der Waals surface area (Å²) >= 11 is 0. The molecule has 1 amide bonds. The van der Waals surface area contributed by atoms with E-state index in [1.54, 1.807) is 16.7 Å². The molecule has 1 atom stereocenters. The van der Waals surface area contributed by atoms with Crippen molar-refractivity contribution in [2.75, 3.05) is 31.1 Å². The van der Waals surface area contributed by atoms with Crippen molar-refractivity contribution in [2.45, 2.75) is 32.2 Å². The highest BCUT2D eigenvalue weighted by molar-refractivity contribution is 5.85. The average molecular weight is 311 g/mol. The maximum absolute atomic E-state index is 13.8. The molecule has 1 fully saturated rings. The number of hydrogen-bond donors (Lipinski definition) is 1. The SMILES string of the molecule is CCCC(C)(N)C(=O)N1CCN(c2cc(F)ccc2F)CC1. The molecule has 6 heteroatoms. The van der Waals surface area contributed by atoms with Crippen LogP contribution in [0.4, 0.5) is 14.5 Å². The second kappa shape index (κ2) is 6.60. The molecule has 0 bridgehead atoms. The quantitative estimate of drug-likeness (QED) is 0.927. The summed E-state index contributed by atoms with van der Waals surface area (Å²) in [6, 6.07) is 3.42. The van der Waals surface area contributed by atoms with Gasteiger partial charge in [0.2, 0.25) is 5.91 Å². The van der Waals surface area contributed by atoms with Crippen molar-refractivity contribution < 1.29 is 13.6 Å². The topological polar surface area (TPSA) is 49.6 Å². The smallest absolute Gasteiger partial charge is 0.242 e. The van der Waals surface area contributed by atoms with Gasteiger partial charge in [-0.3, -0.25) is 4.79 Å². The van der Waals surface area contributed by atoms with Crippen LogP contribution < -0.4 is 10.6 Å². The Bertz CT molecular complexity index is 540. The van der Waals surface area contributed by atoms with Crippen LogP contribution in [0.3, 0.4) is 0 Å². The molecule has 1 saturated heterocycles. The van der Waals surface area contributed by atoms with Gasteiger partial charge in [-0.15, -0.1) is 0 Å². The average Bonchev–Trinajstić information content (AvgIpc) is 2.49. The summed E-state index contributed by atoms with van der Waals surface area (Å²) in [7, 11) is 0. The zero-order valence-corrected chi connectivity index (χ0v) is 13.1. The fourth-order valence-corrected chi connectivity index (χ4v) is 2.87. The molecule has 1 aliphatic heterocycles. The zero-order chi connectivity index (χ0) is 16.3. The van der Waals surface area contributed by atoms with Gasteiger partial charge in [0.15, 0.2) is 0 Å². The van der Waals surface area contributed by atoms with Crippen molar-refractivity contribution in [3.05, 3.63) is 29.8 Å². The minimum atomic E-state index is -0.860. The lowest BCUT2D eigenvalue weighted by atomic mass is 9.95. The lowest BCUT2D eigenvalue weighted by Crippen LogP contribution is -2.58. The monoisotopic (exact) mass is 311 g/mol. The van der Waals surface area contributed by atoms with E-state index in [0.29, 0.717) is 32.6 Å². The van der Waals surface area contributed by atoms with Crippen LogP contribution in [0.15, 0.2) is 18.2 Å². The minimum Gasteiger partial charge on any atom is -0.366 e. The predicted octanol–water partition coefficient (Wildman–Crippen LogP) is 2.13. The van der Waals surface area contributed by atoms with Gasteiger partial charge in [-0.05, 0) is 25.5 Å². The van der Waals surface area contributed by atoms with E-state index in [9.17, 15) is 13.6 Å². The molecular formula is C16H23F2N3O. The Balaban J connectivity index is 2.01. The number of hydrogen-bond acceptors (Lipinski definition) is 3. The Labute approximate surface area is 129 Å². The molecule has 1 unspecified atom stereocenters. The Morgan fingerprint density at radius 2 is 1.91 bits per heavy atom. The predicted molar refractivity (Wildman–Crippen MR) is 82.7 cm³/mol. The zero-order valence-electron chi connectivity index (χ0n) is 13.1. The van der Waals surface area contributed by atoms with E-state index in [1.165, 1.54) is 6.07 Å². The highest BCUT2D eigenvalue weighted by Crippen LogP contribution is 2.23. The van der Waals surface area contributed by atoms with Crippen LogP contribution in [0.25, 0.3) is 0 Å². The van der Waals surface area contributed by atoms with E-state index in [4.69, 9.17) is 5.73 Å². The number of carbonyl (C=O) groups is 1. The number of halogens is 2. The number of rotatable bonds is 4. The third-order valence-corrected chi connectivity index (χ3v) is 4.07. The fourth-order valence-electron chi connectivity index (χ4n) is 2.87. The second-order valence-corrected chi connectivity index (χ2v) is 6.04. The first kappa shape index (κ1) is 16.7. The first-order valence-corrected chi connectivity index (χ1v) is 7.63. The number of benzene rings is 1. The van der Waals surface area contributed by atoms with Gasteiger partial charge in [-0.25, -0.2) is 8.78 Å². The Morgan fingerprint density at radius 1 is 1.27 bits per heavy atom. The summed E-state index contributed by atoms with van der Waals surface area (Å²) in [5.74, 6) is -0.989. The van der Waals surface area contributed by atoms with Crippen LogP contribution in [0.2, 0.25) is 0 Å². The molecule has 0 spiro atoms. The van der Waals surface area contributed by atoms with Crippen molar-refractivity contribution in [3.63, 3.8) is 0 Å². The van der Waals surface area contributed by atoms with Crippen LogP contribution in [-0.2, 0) is 4.79 Å². The Morgan fingerprint density at radius 3 is 2.50 bits per heavy atom. The summed E-state index contributed by atoms with van der Waals surface area (Å²) in [4.78, 5) is 15.9. The summed E-state index contributed by atoms with van der Waals surface area (Å²) < 4.78 is 27.1. The van der Waals surface area contributed by atoms with Gasteiger partial charge < -0.3 is 15.5 Å². The molecule has 2 rings (SSSR count). The number of amides is 1. The number of carbonyl (C=O) groups excluding carboxylic acids is 1. The third-order valence-electron chi connectivity index (χ3n) is 4.07. The van der Waals surface area contributed by atoms with E-state index in [0.717, 1.165) is 18.6 Å².